The minimum atomic E-state index is 0.587. The van der Waals surface area contributed by atoms with Crippen LogP contribution in [0.15, 0.2) is 42.6 Å². The van der Waals surface area contributed by atoms with E-state index in [0.717, 1.165) is 34.0 Å². The normalized spacial score (nSPS) is 11.2. The maximum Gasteiger partial charge on any atom is 0.137 e. The molecule has 0 atom stereocenters. The summed E-state index contributed by atoms with van der Waals surface area (Å²) in [6.45, 7) is 2.66. The van der Waals surface area contributed by atoms with Crippen molar-refractivity contribution >= 4 is 17.2 Å². The Morgan fingerprint density at radius 2 is 1.95 bits per heavy atom. The lowest BCUT2D eigenvalue weighted by atomic mass is 10.1. The van der Waals surface area contributed by atoms with Gasteiger partial charge in [0.25, 0.3) is 0 Å². The van der Waals surface area contributed by atoms with Crippen LogP contribution in [0.3, 0.4) is 0 Å². The molecule has 3 nitrogen and oxygen atoms in total. The van der Waals surface area contributed by atoms with E-state index in [2.05, 4.69) is 29.7 Å². The van der Waals surface area contributed by atoms with E-state index in [4.69, 9.17) is 22.3 Å². The van der Waals surface area contributed by atoms with Gasteiger partial charge in [0.05, 0.1) is 11.4 Å². The molecule has 0 amide bonds. The van der Waals surface area contributed by atoms with Crippen LogP contribution in [0.4, 0.5) is 0 Å². The van der Waals surface area contributed by atoms with Gasteiger partial charge in [-0.05, 0) is 43.3 Å². The summed E-state index contributed by atoms with van der Waals surface area (Å²) in [5, 5.41) is 0.735. The number of halogens is 1. The Hall–Kier alpha value is -1.84. The first-order valence-corrected chi connectivity index (χ1v) is 7.00. The third kappa shape index (κ3) is 2.30. The van der Waals surface area contributed by atoms with E-state index in [1.807, 2.05) is 24.3 Å². The summed E-state index contributed by atoms with van der Waals surface area (Å²) in [5.41, 5.74) is 11.1. The van der Waals surface area contributed by atoms with Crippen molar-refractivity contribution in [2.75, 3.05) is 6.54 Å². The van der Waals surface area contributed by atoms with Gasteiger partial charge in [-0.1, -0.05) is 23.7 Å². The van der Waals surface area contributed by atoms with Crippen molar-refractivity contribution in [1.29, 1.82) is 0 Å². The van der Waals surface area contributed by atoms with Gasteiger partial charge < -0.3 is 5.73 Å². The number of nitrogens with zero attached hydrogens (tertiary/aromatic N) is 2. The van der Waals surface area contributed by atoms with Crippen molar-refractivity contribution in [3.05, 3.63) is 58.9 Å². The first kappa shape index (κ1) is 13.2. The van der Waals surface area contributed by atoms with E-state index in [0.29, 0.717) is 6.54 Å². The summed E-state index contributed by atoms with van der Waals surface area (Å²) >= 11 is 5.97. The molecule has 4 heteroatoms. The molecule has 0 radical (unpaired) electrons. The van der Waals surface area contributed by atoms with Crippen LogP contribution in [-0.4, -0.2) is 15.9 Å². The van der Waals surface area contributed by atoms with Crippen LogP contribution in [0.25, 0.3) is 16.9 Å². The molecule has 3 aromatic rings. The van der Waals surface area contributed by atoms with Gasteiger partial charge in [0.1, 0.15) is 5.65 Å². The van der Waals surface area contributed by atoms with Gasteiger partial charge in [0.2, 0.25) is 0 Å². The van der Waals surface area contributed by atoms with Crippen LogP contribution >= 0.6 is 11.6 Å². The molecule has 102 valence electrons. The van der Waals surface area contributed by atoms with Crippen LogP contribution in [0, 0.1) is 6.92 Å². The second kappa shape index (κ2) is 5.27. The monoisotopic (exact) mass is 285 g/mol. The minimum absolute atomic E-state index is 0.587. The summed E-state index contributed by atoms with van der Waals surface area (Å²) in [5.74, 6) is 0. The highest BCUT2D eigenvalue weighted by Gasteiger charge is 2.13. The molecule has 0 aliphatic carbocycles. The summed E-state index contributed by atoms with van der Waals surface area (Å²) in [6, 6.07) is 12.0. The van der Waals surface area contributed by atoms with E-state index in [-0.39, 0.29) is 0 Å². The fraction of sp³-hybridized carbons (Fsp3) is 0.188. The number of pyridine rings is 1. The Labute approximate surface area is 123 Å². The molecule has 0 aliphatic heterocycles. The number of hydrogen-bond donors (Lipinski definition) is 1. The molecule has 0 spiro atoms. The van der Waals surface area contributed by atoms with Crippen molar-refractivity contribution in [3.63, 3.8) is 0 Å². The quantitative estimate of drug-likeness (QED) is 0.801. The molecule has 1 aromatic carbocycles. The van der Waals surface area contributed by atoms with Crippen LogP contribution in [0.2, 0.25) is 5.02 Å². The molecule has 0 unspecified atom stereocenters. The van der Waals surface area contributed by atoms with Crippen molar-refractivity contribution < 1.29 is 0 Å². The third-order valence-corrected chi connectivity index (χ3v) is 3.60. The SMILES string of the molecule is Cc1ccn2c(-c3ccc(Cl)cc3)c(CCN)nc2c1. The van der Waals surface area contributed by atoms with Gasteiger partial charge in [-0.3, -0.25) is 4.40 Å². The highest BCUT2D eigenvalue weighted by Crippen LogP contribution is 2.27. The van der Waals surface area contributed by atoms with E-state index in [1.54, 1.807) is 0 Å². The van der Waals surface area contributed by atoms with Crippen molar-refractivity contribution in [3.8, 4) is 11.3 Å². The number of hydrogen-bond acceptors (Lipinski definition) is 2. The van der Waals surface area contributed by atoms with E-state index in [1.165, 1.54) is 5.56 Å². The van der Waals surface area contributed by atoms with Gasteiger partial charge in [0.15, 0.2) is 0 Å². The molecule has 3 rings (SSSR count). The average Bonchev–Trinajstić information content (AvgIpc) is 2.77. The Balaban J connectivity index is 2.25. The predicted octanol–water partition coefficient (Wildman–Crippen LogP) is 3.46. The first-order valence-electron chi connectivity index (χ1n) is 6.62. The standard InChI is InChI=1S/C16H16ClN3/c1-11-7-9-20-15(10-11)19-14(6-8-18)16(20)12-2-4-13(17)5-3-12/h2-5,7,9-10H,6,8,18H2,1H3. The first-order chi connectivity index (χ1) is 9.69. The van der Waals surface area contributed by atoms with Gasteiger partial charge in [0, 0.05) is 23.2 Å². The van der Waals surface area contributed by atoms with Crippen molar-refractivity contribution in [2.45, 2.75) is 13.3 Å². The van der Waals surface area contributed by atoms with Gasteiger partial charge in [-0.2, -0.15) is 0 Å². The highest BCUT2D eigenvalue weighted by molar-refractivity contribution is 6.30. The van der Waals surface area contributed by atoms with Crippen LogP contribution in [0.1, 0.15) is 11.3 Å². The zero-order valence-electron chi connectivity index (χ0n) is 11.3. The molecular formula is C16H16ClN3. The second-order valence-corrected chi connectivity index (χ2v) is 5.32. The van der Waals surface area contributed by atoms with E-state index in [9.17, 15) is 0 Å². The molecule has 0 saturated carbocycles. The lowest BCUT2D eigenvalue weighted by Gasteiger charge is -2.05. The number of rotatable bonds is 3. The maximum absolute atomic E-state index is 5.97. The molecule has 2 N–H and O–H groups in total. The van der Waals surface area contributed by atoms with Crippen LogP contribution in [0.5, 0.6) is 0 Å². The summed E-state index contributed by atoms with van der Waals surface area (Å²) in [7, 11) is 0. The molecule has 20 heavy (non-hydrogen) atoms. The maximum atomic E-state index is 5.97. The molecule has 2 heterocycles. The molecule has 0 saturated heterocycles. The Bertz CT molecular complexity index is 744. The predicted molar refractivity (Wildman–Crippen MR) is 83.1 cm³/mol. The Morgan fingerprint density at radius 3 is 2.65 bits per heavy atom. The summed E-state index contributed by atoms with van der Waals surface area (Å²) in [4.78, 5) is 4.71. The zero-order chi connectivity index (χ0) is 14.1. The van der Waals surface area contributed by atoms with Crippen molar-refractivity contribution in [1.82, 2.24) is 9.38 Å². The minimum Gasteiger partial charge on any atom is -0.330 e. The molecule has 2 aromatic heterocycles. The van der Waals surface area contributed by atoms with Crippen LogP contribution in [-0.2, 0) is 6.42 Å². The number of benzene rings is 1. The third-order valence-electron chi connectivity index (χ3n) is 3.35. The smallest absolute Gasteiger partial charge is 0.137 e. The highest BCUT2D eigenvalue weighted by atomic mass is 35.5. The number of imidazole rings is 1. The molecule has 0 fully saturated rings. The Morgan fingerprint density at radius 1 is 1.20 bits per heavy atom. The molecule has 0 bridgehead atoms. The van der Waals surface area contributed by atoms with Gasteiger partial charge in [-0.15, -0.1) is 0 Å². The van der Waals surface area contributed by atoms with E-state index >= 15 is 0 Å². The van der Waals surface area contributed by atoms with Crippen LogP contribution < -0.4 is 5.73 Å². The van der Waals surface area contributed by atoms with Gasteiger partial charge >= 0.3 is 0 Å². The molecule has 0 aliphatic rings. The number of aromatic nitrogens is 2. The van der Waals surface area contributed by atoms with E-state index < -0.39 is 0 Å². The Kier molecular flexibility index (Phi) is 3.47. The average molecular weight is 286 g/mol. The summed E-state index contributed by atoms with van der Waals surface area (Å²) < 4.78 is 2.11. The fourth-order valence-corrected chi connectivity index (χ4v) is 2.55. The largest absolute Gasteiger partial charge is 0.330 e. The topological polar surface area (TPSA) is 43.3 Å². The number of aryl methyl sites for hydroxylation is 1. The lowest BCUT2D eigenvalue weighted by Crippen LogP contribution is -2.04. The molecular weight excluding hydrogens is 270 g/mol. The van der Waals surface area contributed by atoms with Gasteiger partial charge in [-0.25, -0.2) is 4.98 Å². The second-order valence-electron chi connectivity index (χ2n) is 4.88. The lowest BCUT2D eigenvalue weighted by molar-refractivity contribution is 0.939. The van der Waals surface area contributed by atoms with Crippen molar-refractivity contribution in [2.24, 2.45) is 5.73 Å². The summed E-state index contributed by atoms with van der Waals surface area (Å²) in [6.07, 6.45) is 2.82. The number of fused-ring (bicyclic) bond motifs is 1. The fourth-order valence-electron chi connectivity index (χ4n) is 2.42. The number of nitrogens with two attached hydrogens (primary N) is 1. The zero-order valence-corrected chi connectivity index (χ0v) is 12.1.